The van der Waals surface area contributed by atoms with Crippen LogP contribution in [0.25, 0.3) is 0 Å². The fourth-order valence-corrected chi connectivity index (χ4v) is 3.48. The van der Waals surface area contributed by atoms with Crippen LogP contribution in [0.4, 0.5) is 0 Å². The minimum absolute atomic E-state index is 0.297. The van der Waals surface area contributed by atoms with Crippen molar-refractivity contribution in [1.29, 1.82) is 0 Å². The Morgan fingerprint density at radius 3 is 2.65 bits per heavy atom. The first-order valence-electron chi connectivity index (χ1n) is 7.52. The van der Waals surface area contributed by atoms with Crippen molar-refractivity contribution in [2.75, 3.05) is 33.2 Å². The van der Waals surface area contributed by atoms with Gasteiger partial charge in [-0.3, -0.25) is 14.4 Å². The van der Waals surface area contributed by atoms with Crippen molar-refractivity contribution in [3.63, 3.8) is 0 Å². The summed E-state index contributed by atoms with van der Waals surface area (Å²) in [5, 5.41) is 4.57. The summed E-state index contributed by atoms with van der Waals surface area (Å²) in [6.45, 7) is 8.40. The predicted molar refractivity (Wildman–Crippen MR) is 77.5 cm³/mol. The molecule has 1 atom stereocenters. The molecular formula is C15H24N4O. The summed E-state index contributed by atoms with van der Waals surface area (Å²) in [4.78, 5) is 15.9. The van der Waals surface area contributed by atoms with Crippen LogP contribution in [0.15, 0.2) is 6.07 Å². The first-order chi connectivity index (χ1) is 9.52. The van der Waals surface area contributed by atoms with Gasteiger partial charge in [-0.05, 0) is 32.3 Å². The van der Waals surface area contributed by atoms with E-state index in [1.54, 1.807) is 0 Å². The summed E-state index contributed by atoms with van der Waals surface area (Å²) in [5.74, 6) is 0.935. The van der Waals surface area contributed by atoms with Gasteiger partial charge in [0.05, 0.1) is 11.7 Å². The lowest BCUT2D eigenvalue weighted by molar-refractivity contribution is -0.133. The normalized spacial score (nSPS) is 25.1. The second kappa shape index (κ2) is 5.20. The van der Waals surface area contributed by atoms with E-state index in [0.717, 1.165) is 44.7 Å². The van der Waals surface area contributed by atoms with Gasteiger partial charge in [0, 0.05) is 45.3 Å². The summed E-state index contributed by atoms with van der Waals surface area (Å²) < 4.78 is 2.17. The molecule has 2 saturated heterocycles. The van der Waals surface area contributed by atoms with Crippen LogP contribution in [-0.2, 0) is 4.79 Å². The van der Waals surface area contributed by atoms with Crippen molar-refractivity contribution in [2.45, 2.75) is 32.7 Å². The molecule has 1 amide bonds. The minimum atomic E-state index is 0.297. The zero-order valence-corrected chi connectivity index (χ0v) is 12.7. The van der Waals surface area contributed by atoms with E-state index in [-0.39, 0.29) is 0 Å². The van der Waals surface area contributed by atoms with E-state index in [2.05, 4.69) is 34.6 Å². The molecule has 20 heavy (non-hydrogen) atoms. The highest BCUT2D eigenvalue weighted by molar-refractivity contribution is 5.76. The van der Waals surface area contributed by atoms with E-state index in [1.165, 1.54) is 5.69 Å². The van der Waals surface area contributed by atoms with Crippen molar-refractivity contribution in [2.24, 2.45) is 5.92 Å². The first-order valence-corrected chi connectivity index (χ1v) is 7.52. The highest BCUT2D eigenvalue weighted by atomic mass is 16.2. The SMILES string of the molecule is Cc1cc(C)n(C2CN(CC3CCC(=O)N(C)C3)C2)n1. The summed E-state index contributed by atoms with van der Waals surface area (Å²) >= 11 is 0. The van der Waals surface area contributed by atoms with Crippen LogP contribution in [-0.4, -0.2) is 58.7 Å². The molecule has 1 aromatic rings. The van der Waals surface area contributed by atoms with E-state index in [0.29, 0.717) is 17.9 Å². The topological polar surface area (TPSA) is 41.4 Å². The number of nitrogens with zero attached hydrogens (tertiary/aromatic N) is 4. The third-order valence-corrected chi connectivity index (χ3v) is 4.57. The highest BCUT2D eigenvalue weighted by Crippen LogP contribution is 2.26. The Kier molecular flexibility index (Phi) is 3.54. The number of rotatable bonds is 3. The number of carbonyl (C=O) groups is 1. The van der Waals surface area contributed by atoms with Gasteiger partial charge in [-0.25, -0.2) is 0 Å². The number of amides is 1. The van der Waals surface area contributed by atoms with Crippen LogP contribution in [0.2, 0.25) is 0 Å². The van der Waals surface area contributed by atoms with E-state index in [4.69, 9.17) is 0 Å². The van der Waals surface area contributed by atoms with Crippen molar-refractivity contribution < 1.29 is 4.79 Å². The minimum Gasteiger partial charge on any atom is -0.345 e. The first kappa shape index (κ1) is 13.6. The molecular weight excluding hydrogens is 252 g/mol. The van der Waals surface area contributed by atoms with Crippen LogP contribution in [0.1, 0.15) is 30.3 Å². The maximum Gasteiger partial charge on any atom is 0.222 e. The van der Waals surface area contributed by atoms with Crippen LogP contribution < -0.4 is 0 Å². The molecule has 0 saturated carbocycles. The Bertz CT molecular complexity index is 504. The molecule has 5 heteroatoms. The molecule has 3 rings (SSSR count). The van der Waals surface area contributed by atoms with Gasteiger partial charge in [-0.1, -0.05) is 0 Å². The monoisotopic (exact) mass is 276 g/mol. The summed E-state index contributed by atoms with van der Waals surface area (Å²) in [7, 11) is 1.92. The van der Waals surface area contributed by atoms with E-state index >= 15 is 0 Å². The lowest BCUT2D eigenvalue weighted by Gasteiger charge is -2.43. The van der Waals surface area contributed by atoms with Crippen LogP contribution in [0.5, 0.6) is 0 Å². The smallest absolute Gasteiger partial charge is 0.222 e. The van der Waals surface area contributed by atoms with Crippen molar-refractivity contribution in [1.82, 2.24) is 19.6 Å². The Morgan fingerprint density at radius 2 is 2.05 bits per heavy atom. The quantitative estimate of drug-likeness (QED) is 0.833. The largest absolute Gasteiger partial charge is 0.345 e. The molecule has 110 valence electrons. The molecule has 0 N–H and O–H groups in total. The van der Waals surface area contributed by atoms with Gasteiger partial charge in [0.1, 0.15) is 0 Å². The average Bonchev–Trinajstić information content (AvgIpc) is 2.67. The van der Waals surface area contributed by atoms with Gasteiger partial charge in [0.15, 0.2) is 0 Å². The zero-order valence-electron chi connectivity index (χ0n) is 12.7. The van der Waals surface area contributed by atoms with Gasteiger partial charge >= 0.3 is 0 Å². The summed E-state index contributed by atoms with van der Waals surface area (Å²) in [6.07, 6.45) is 1.76. The predicted octanol–water partition coefficient (Wildman–Crippen LogP) is 1.23. The maximum atomic E-state index is 11.5. The van der Waals surface area contributed by atoms with Gasteiger partial charge in [-0.15, -0.1) is 0 Å². The molecule has 1 aromatic heterocycles. The summed E-state index contributed by atoms with van der Waals surface area (Å²) in [6, 6.07) is 2.68. The number of aromatic nitrogens is 2. The lowest BCUT2D eigenvalue weighted by Crippen LogP contribution is -2.52. The van der Waals surface area contributed by atoms with Crippen LogP contribution in [0, 0.1) is 19.8 Å². The lowest BCUT2D eigenvalue weighted by atomic mass is 9.95. The molecule has 1 unspecified atom stereocenters. The number of piperidine rings is 1. The van der Waals surface area contributed by atoms with Crippen LogP contribution in [0.3, 0.4) is 0 Å². The maximum absolute atomic E-state index is 11.5. The van der Waals surface area contributed by atoms with Gasteiger partial charge < -0.3 is 4.90 Å². The Labute approximate surface area is 120 Å². The number of hydrogen-bond donors (Lipinski definition) is 0. The molecule has 5 nitrogen and oxygen atoms in total. The fourth-order valence-electron chi connectivity index (χ4n) is 3.48. The second-order valence-electron chi connectivity index (χ2n) is 6.42. The highest BCUT2D eigenvalue weighted by Gasteiger charge is 2.33. The van der Waals surface area contributed by atoms with Crippen LogP contribution >= 0.6 is 0 Å². The third kappa shape index (κ3) is 2.59. The standard InChI is InChI=1S/C15H24N4O/c1-11-6-12(2)19(16-11)14-9-18(10-14)8-13-4-5-15(20)17(3)7-13/h6,13-14H,4-5,7-10H2,1-3H3. The summed E-state index contributed by atoms with van der Waals surface area (Å²) in [5.41, 5.74) is 2.36. The molecule has 2 aliphatic rings. The number of carbonyl (C=O) groups excluding carboxylic acids is 1. The van der Waals surface area contributed by atoms with Gasteiger partial charge in [-0.2, -0.15) is 5.10 Å². The van der Waals surface area contributed by atoms with Crippen molar-refractivity contribution >= 4 is 5.91 Å². The van der Waals surface area contributed by atoms with E-state index < -0.39 is 0 Å². The zero-order chi connectivity index (χ0) is 14.3. The molecule has 2 fully saturated rings. The Balaban J connectivity index is 1.49. The molecule has 3 heterocycles. The van der Waals surface area contributed by atoms with E-state index in [9.17, 15) is 4.79 Å². The molecule has 0 aromatic carbocycles. The Morgan fingerprint density at radius 1 is 1.30 bits per heavy atom. The van der Waals surface area contributed by atoms with E-state index in [1.807, 2.05) is 11.9 Å². The fraction of sp³-hybridized carbons (Fsp3) is 0.733. The molecule has 0 aliphatic carbocycles. The molecule has 0 radical (unpaired) electrons. The second-order valence-corrected chi connectivity index (χ2v) is 6.42. The molecule has 0 spiro atoms. The van der Waals surface area contributed by atoms with Crippen molar-refractivity contribution in [3.05, 3.63) is 17.5 Å². The molecule has 2 aliphatic heterocycles. The third-order valence-electron chi connectivity index (χ3n) is 4.57. The Hall–Kier alpha value is -1.36. The van der Waals surface area contributed by atoms with Gasteiger partial charge in [0.25, 0.3) is 0 Å². The number of likely N-dealkylation sites (tertiary alicyclic amines) is 2. The average molecular weight is 276 g/mol. The van der Waals surface area contributed by atoms with Crippen molar-refractivity contribution in [3.8, 4) is 0 Å². The number of hydrogen-bond acceptors (Lipinski definition) is 3. The molecule has 0 bridgehead atoms. The van der Waals surface area contributed by atoms with Gasteiger partial charge in [0.2, 0.25) is 5.91 Å². The number of aryl methyl sites for hydroxylation is 2.